The van der Waals surface area contributed by atoms with E-state index in [1.54, 1.807) is 6.08 Å². The van der Waals surface area contributed by atoms with Crippen LogP contribution in [0.15, 0.2) is 24.3 Å². The fourth-order valence-electron chi connectivity index (χ4n) is 0.998. The second-order valence-electron chi connectivity index (χ2n) is 2.97. The third-order valence-electron chi connectivity index (χ3n) is 1.65. The van der Waals surface area contributed by atoms with Crippen molar-refractivity contribution < 1.29 is 4.79 Å². The molecule has 0 radical (unpaired) electrons. The van der Waals surface area contributed by atoms with Gasteiger partial charge >= 0.3 is 0 Å². The van der Waals surface area contributed by atoms with E-state index in [9.17, 15) is 4.79 Å². The Hall–Kier alpha value is -1.08. The molecule has 68 valence electrons. The number of benzene rings is 1. The van der Waals surface area contributed by atoms with Crippen LogP contribution in [-0.2, 0) is 4.79 Å². The Morgan fingerprint density at radius 3 is 2.77 bits per heavy atom. The van der Waals surface area contributed by atoms with E-state index < -0.39 is 0 Å². The molecular weight excluding hydrogens is 184 g/mol. The molecule has 13 heavy (non-hydrogen) atoms. The number of halogens is 1. The summed E-state index contributed by atoms with van der Waals surface area (Å²) < 4.78 is 0. The highest BCUT2D eigenvalue weighted by Crippen LogP contribution is 2.18. The normalized spacial score (nSPS) is 10.7. The molecule has 0 aliphatic heterocycles. The highest BCUT2D eigenvalue weighted by molar-refractivity contribution is 6.32. The van der Waals surface area contributed by atoms with Gasteiger partial charge in [0.15, 0.2) is 5.78 Å². The smallest absolute Gasteiger partial charge is 0.152 e. The maximum Gasteiger partial charge on any atom is 0.152 e. The lowest BCUT2D eigenvalue weighted by atomic mass is 10.1. The Morgan fingerprint density at radius 1 is 1.46 bits per heavy atom. The number of hydrogen-bond acceptors (Lipinski definition) is 1. The van der Waals surface area contributed by atoms with E-state index >= 15 is 0 Å². The summed E-state index contributed by atoms with van der Waals surface area (Å²) in [5.41, 5.74) is 2.02. The molecule has 0 saturated carbocycles. The van der Waals surface area contributed by atoms with Crippen molar-refractivity contribution >= 4 is 23.5 Å². The van der Waals surface area contributed by atoms with Crippen LogP contribution in [0.4, 0.5) is 0 Å². The molecule has 0 unspecified atom stereocenters. The zero-order valence-electron chi connectivity index (χ0n) is 7.67. The van der Waals surface area contributed by atoms with Gasteiger partial charge < -0.3 is 0 Å². The summed E-state index contributed by atoms with van der Waals surface area (Å²) >= 11 is 5.92. The summed E-state index contributed by atoms with van der Waals surface area (Å²) in [5.74, 6) is 0.0255. The first kappa shape index (κ1) is 10.0. The fraction of sp³-hybridized carbons (Fsp3) is 0.182. The Balaban J connectivity index is 3.00. The number of aryl methyl sites for hydroxylation is 1. The lowest BCUT2D eigenvalue weighted by molar-refractivity contribution is -0.112. The van der Waals surface area contributed by atoms with Crippen LogP contribution in [-0.4, -0.2) is 5.78 Å². The predicted octanol–water partition coefficient (Wildman–Crippen LogP) is 3.25. The molecule has 0 saturated heterocycles. The minimum atomic E-state index is 0.0255. The average Bonchev–Trinajstić information content (AvgIpc) is 2.06. The Bertz CT molecular complexity index is 353. The molecule has 1 rings (SSSR count). The van der Waals surface area contributed by atoms with Crippen molar-refractivity contribution in [3.8, 4) is 0 Å². The average molecular weight is 195 g/mol. The molecule has 0 aliphatic carbocycles. The molecule has 0 fully saturated rings. The molecule has 0 bridgehead atoms. The van der Waals surface area contributed by atoms with Gasteiger partial charge in [0.25, 0.3) is 0 Å². The molecular formula is C11H11ClO. The van der Waals surface area contributed by atoms with E-state index in [0.29, 0.717) is 5.02 Å². The van der Waals surface area contributed by atoms with Gasteiger partial charge in [0, 0.05) is 5.02 Å². The standard InChI is InChI=1S/C11H11ClO/c1-8-3-6-11(12)10(7-8)5-4-9(2)13/h3-7H,1-2H3. The zero-order chi connectivity index (χ0) is 9.84. The Labute approximate surface area is 83.0 Å². The van der Waals surface area contributed by atoms with Gasteiger partial charge in [-0.25, -0.2) is 0 Å². The molecule has 1 nitrogen and oxygen atoms in total. The van der Waals surface area contributed by atoms with Gasteiger partial charge in [-0.1, -0.05) is 29.3 Å². The molecule has 0 spiro atoms. The minimum absolute atomic E-state index is 0.0255. The van der Waals surface area contributed by atoms with Crippen LogP contribution < -0.4 is 0 Å². The molecule has 0 N–H and O–H groups in total. The second-order valence-corrected chi connectivity index (χ2v) is 3.38. The molecule has 0 heterocycles. The maximum absolute atomic E-state index is 10.7. The van der Waals surface area contributed by atoms with E-state index in [0.717, 1.165) is 11.1 Å². The van der Waals surface area contributed by atoms with Gasteiger partial charge in [-0.3, -0.25) is 4.79 Å². The summed E-state index contributed by atoms with van der Waals surface area (Å²) in [4.78, 5) is 10.7. The number of rotatable bonds is 2. The fourth-order valence-corrected chi connectivity index (χ4v) is 1.18. The van der Waals surface area contributed by atoms with Crippen molar-refractivity contribution in [2.24, 2.45) is 0 Å². The van der Waals surface area contributed by atoms with Crippen molar-refractivity contribution in [2.45, 2.75) is 13.8 Å². The number of carbonyl (C=O) groups excluding carboxylic acids is 1. The monoisotopic (exact) mass is 194 g/mol. The quantitative estimate of drug-likeness (QED) is 0.661. The molecule has 0 atom stereocenters. The van der Waals surface area contributed by atoms with Gasteiger partial charge in [-0.15, -0.1) is 0 Å². The van der Waals surface area contributed by atoms with E-state index in [2.05, 4.69) is 0 Å². The van der Waals surface area contributed by atoms with E-state index in [-0.39, 0.29) is 5.78 Å². The van der Waals surface area contributed by atoms with Crippen molar-refractivity contribution in [3.63, 3.8) is 0 Å². The van der Waals surface area contributed by atoms with Crippen molar-refractivity contribution in [1.82, 2.24) is 0 Å². The molecule has 0 aromatic heterocycles. The van der Waals surface area contributed by atoms with Crippen LogP contribution in [0, 0.1) is 6.92 Å². The third-order valence-corrected chi connectivity index (χ3v) is 1.99. The number of ketones is 1. The van der Waals surface area contributed by atoms with Crippen molar-refractivity contribution in [1.29, 1.82) is 0 Å². The molecule has 0 amide bonds. The summed E-state index contributed by atoms with van der Waals surface area (Å²) in [6, 6.07) is 5.71. The van der Waals surface area contributed by atoms with Gasteiger partial charge in [0.05, 0.1) is 0 Å². The highest BCUT2D eigenvalue weighted by Gasteiger charge is 1.96. The summed E-state index contributed by atoms with van der Waals surface area (Å²) in [5, 5.41) is 0.670. The maximum atomic E-state index is 10.7. The van der Waals surface area contributed by atoms with Crippen LogP contribution in [0.1, 0.15) is 18.1 Å². The minimum Gasteiger partial charge on any atom is -0.295 e. The van der Waals surface area contributed by atoms with Crippen molar-refractivity contribution in [2.75, 3.05) is 0 Å². The number of carbonyl (C=O) groups is 1. The van der Waals surface area contributed by atoms with E-state index in [1.807, 2.05) is 25.1 Å². The first-order valence-corrected chi connectivity index (χ1v) is 4.42. The van der Waals surface area contributed by atoms with Crippen LogP contribution in [0.3, 0.4) is 0 Å². The lowest BCUT2D eigenvalue weighted by Gasteiger charge is -1.98. The number of allylic oxidation sites excluding steroid dienone is 1. The number of hydrogen-bond donors (Lipinski definition) is 0. The van der Waals surface area contributed by atoms with Crippen LogP contribution >= 0.6 is 11.6 Å². The van der Waals surface area contributed by atoms with Gasteiger partial charge in [0.2, 0.25) is 0 Å². The zero-order valence-corrected chi connectivity index (χ0v) is 8.43. The van der Waals surface area contributed by atoms with Gasteiger partial charge in [0.1, 0.15) is 0 Å². The first-order valence-electron chi connectivity index (χ1n) is 4.04. The molecule has 1 aromatic rings. The topological polar surface area (TPSA) is 17.1 Å². The molecule has 0 aliphatic rings. The largest absolute Gasteiger partial charge is 0.295 e. The highest BCUT2D eigenvalue weighted by atomic mass is 35.5. The molecule has 2 heteroatoms. The Morgan fingerprint density at radius 2 is 2.15 bits per heavy atom. The van der Waals surface area contributed by atoms with Crippen LogP contribution in [0.5, 0.6) is 0 Å². The second kappa shape index (κ2) is 4.24. The Kier molecular flexibility index (Phi) is 3.26. The molecule has 1 aromatic carbocycles. The summed E-state index contributed by atoms with van der Waals surface area (Å²) in [6.07, 6.45) is 3.25. The van der Waals surface area contributed by atoms with Gasteiger partial charge in [-0.05, 0) is 37.6 Å². The van der Waals surface area contributed by atoms with Crippen LogP contribution in [0.25, 0.3) is 6.08 Å². The first-order chi connectivity index (χ1) is 6.09. The SMILES string of the molecule is CC(=O)C=Cc1cc(C)ccc1Cl. The van der Waals surface area contributed by atoms with Crippen LogP contribution in [0.2, 0.25) is 5.02 Å². The lowest BCUT2D eigenvalue weighted by Crippen LogP contribution is -1.82. The summed E-state index contributed by atoms with van der Waals surface area (Å²) in [7, 11) is 0. The van der Waals surface area contributed by atoms with E-state index in [1.165, 1.54) is 13.0 Å². The van der Waals surface area contributed by atoms with E-state index in [4.69, 9.17) is 11.6 Å². The predicted molar refractivity (Wildman–Crippen MR) is 55.9 cm³/mol. The summed E-state index contributed by atoms with van der Waals surface area (Å²) in [6.45, 7) is 3.50. The van der Waals surface area contributed by atoms with Gasteiger partial charge in [-0.2, -0.15) is 0 Å². The van der Waals surface area contributed by atoms with Crippen molar-refractivity contribution in [3.05, 3.63) is 40.4 Å². The third kappa shape index (κ3) is 3.03.